The van der Waals surface area contributed by atoms with Gasteiger partial charge < -0.3 is 4.57 Å². The summed E-state index contributed by atoms with van der Waals surface area (Å²) < 4.78 is 2.26. The van der Waals surface area contributed by atoms with Gasteiger partial charge in [0.2, 0.25) is 0 Å². The number of fused-ring (bicyclic) bond motifs is 1. The van der Waals surface area contributed by atoms with E-state index < -0.39 is 0 Å². The first-order valence-electron chi connectivity index (χ1n) is 5.86. The molecule has 0 saturated carbocycles. The van der Waals surface area contributed by atoms with Gasteiger partial charge in [-0.1, -0.05) is 20.8 Å². The van der Waals surface area contributed by atoms with Gasteiger partial charge in [0.25, 0.3) is 0 Å². The van der Waals surface area contributed by atoms with Gasteiger partial charge in [-0.3, -0.25) is 4.98 Å². The van der Waals surface area contributed by atoms with E-state index in [-0.39, 0.29) is 5.41 Å². The molecular formula is C14H20N2. The Balaban J connectivity index is 2.58. The highest BCUT2D eigenvalue weighted by molar-refractivity contribution is 5.80. The van der Waals surface area contributed by atoms with Crippen LogP contribution in [0.1, 0.15) is 46.4 Å². The lowest BCUT2D eigenvalue weighted by Gasteiger charge is -2.18. The summed E-state index contributed by atoms with van der Waals surface area (Å²) in [5.41, 5.74) is 2.50. The van der Waals surface area contributed by atoms with Crippen LogP contribution in [0.15, 0.2) is 24.5 Å². The summed E-state index contributed by atoms with van der Waals surface area (Å²) in [4.78, 5) is 4.57. The number of nitrogens with zero attached hydrogens (tertiary/aromatic N) is 2. The SMILES string of the molecule is CC(C)n1ccc2cc(C(C)(C)C)ncc21. The molecule has 0 aromatic carbocycles. The molecule has 0 aliphatic carbocycles. The van der Waals surface area contributed by atoms with E-state index in [0.29, 0.717) is 6.04 Å². The Morgan fingerprint density at radius 3 is 2.50 bits per heavy atom. The summed E-state index contributed by atoms with van der Waals surface area (Å²) in [6.07, 6.45) is 4.14. The maximum Gasteiger partial charge on any atom is 0.0669 e. The van der Waals surface area contributed by atoms with E-state index in [1.165, 1.54) is 10.9 Å². The van der Waals surface area contributed by atoms with Crippen LogP contribution in [0.2, 0.25) is 0 Å². The van der Waals surface area contributed by atoms with Crippen molar-refractivity contribution in [2.75, 3.05) is 0 Å². The zero-order chi connectivity index (χ0) is 11.9. The van der Waals surface area contributed by atoms with Crippen LogP contribution >= 0.6 is 0 Å². The van der Waals surface area contributed by atoms with E-state index in [2.05, 4.69) is 62.5 Å². The highest BCUT2D eigenvalue weighted by Crippen LogP contribution is 2.25. The van der Waals surface area contributed by atoms with Gasteiger partial charge in [0.1, 0.15) is 0 Å². The van der Waals surface area contributed by atoms with Crippen LogP contribution in [0.4, 0.5) is 0 Å². The molecule has 0 spiro atoms. The molecule has 0 aliphatic heterocycles. The van der Waals surface area contributed by atoms with Gasteiger partial charge >= 0.3 is 0 Å². The van der Waals surface area contributed by atoms with Gasteiger partial charge in [0, 0.05) is 28.7 Å². The molecule has 2 heterocycles. The lowest BCUT2D eigenvalue weighted by molar-refractivity contribution is 0.569. The van der Waals surface area contributed by atoms with Gasteiger partial charge in [0.15, 0.2) is 0 Å². The van der Waals surface area contributed by atoms with Crippen LogP contribution in [-0.2, 0) is 5.41 Å². The zero-order valence-corrected chi connectivity index (χ0v) is 10.8. The molecule has 0 aliphatic rings. The van der Waals surface area contributed by atoms with E-state index in [9.17, 15) is 0 Å². The van der Waals surface area contributed by atoms with Crippen LogP contribution in [-0.4, -0.2) is 9.55 Å². The smallest absolute Gasteiger partial charge is 0.0669 e. The number of hydrogen-bond acceptors (Lipinski definition) is 1. The molecule has 0 bridgehead atoms. The summed E-state index contributed by atoms with van der Waals surface area (Å²) in [6.45, 7) is 11.0. The zero-order valence-electron chi connectivity index (χ0n) is 10.8. The van der Waals surface area contributed by atoms with Gasteiger partial charge in [-0.2, -0.15) is 0 Å². The van der Waals surface area contributed by atoms with Crippen molar-refractivity contribution in [1.29, 1.82) is 0 Å². The quantitative estimate of drug-likeness (QED) is 0.706. The van der Waals surface area contributed by atoms with Crippen molar-refractivity contribution in [3.05, 3.63) is 30.2 Å². The number of pyridine rings is 1. The first-order valence-corrected chi connectivity index (χ1v) is 5.86. The standard InChI is InChI=1S/C14H20N2/c1-10(2)16-7-6-11-8-13(14(3,4)5)15-9-12(11)16/h6-10H,1-5H3. The fourth-order valence-electron chi connectivity index (χ4n) is 1.91. The molecule has 86 valence electrons. The molecule has 0 amide bonds. The van der Waals surface area contributed by atoms with Crippen LogP contribution in [0.5, 0.6) is 0 Å². The maximum atomic E-state index is 4.57. The number of hydrogen-bond donors (Lipinski definition) is 0. The normalized spacial score (nSPS) is 12.6. The van der Waals surface area contributed by atoms with E-state index in [1.54, 1.807) is 0 Å². The van der Waals surface area contributed by atoms with Gasteiger partial charge in [-0.25, -0.2) is 0 Å². The predicted molar refractivity (Wildman–Crippen MR) is 68.8 cm³/mol. The van der Waals surface area contributed by atoms with Crippen molar-refractivity contribution in [2.45, 2.75) is 46.1 Å². The van der Waals surface area contributed by atoms with Crippen molar-refractivity contribution < 1.29 is 0 Å². The highest BCUT2D eigenvalue weighted by Gasteiger charge is 2.16. The third kappa shape index (κ3) is 1.84. The lowest BCUT2D eigenvalue weighted by atomic mass is 9.91. The third-order valence-corrected chi connectivity index (χ3v) is 2.93. The van der Waals surface area contributed by atoms with Crippen molar-refractivity contribution in [3.8, 4) is 0 Å². The molecular weight excluding hydrogens is 196 g/mol. The first kappa shape index (κ1) is 11.2. The van der Waals surface area contributed by atoms with Gasteiger partial charge in [-0.05, 0) is 26.0 Å². The average Bonchev–Trinajstić information content (AvgIpc) is 2.58. The second-order valence-corrected chi connectivity index (χ2v) is 5.70. The molecule has 0 atom stereocenters. The molecule has 0 N–H and O–H groups in total. The Bertz CT molecular complexity index is 501. The molecule has 2 heteroatoms. The molecule has 2 nitrogen and oxygen atoms in total. The van der Waals surface area contributed by atoms with Crippen molar-refractivity contribution >= 4 is 10.9 Å². The fourth-order valence-corrected chi connectivity index (χ4v) is 1.91. The minimum absolute atomic E-state index is 0.119. The third-order valence-electron chi connectivity index (χ3n) is 2.93. The van der Waals surface area contributed by atoms with Crippen LogP contribution < -0.4 is 0 Å². The predicted octanol–water partition coefficient (Wildman–Crippen LogP) is 3.91. The average molecular weight is 216 g/mol. The minimum Gasteiger partial charge on any atom is -0.344 e. The van der Waals surface area contributed by atoms with Gasteiger partial charge in [-0.15, -0.1) is 0 Å². The number of aromatic nitrogens is 2. The number of rotatable bonds is 1. The Morgan fingerprint density at radius 2 is 1.94 bits per heavy atom. The molecule has 16 heavy (non-hydrogen) atoms. The van der Waals surface area contributed by atoms with Crippen LogP contribution in [0, 0.1) is 0 Å². The monoisotopic (exact) mass is 216 g/mol. The van der Waals surface area contributed by atoms with Crippen LogP contribution in [0.3, 0.4) is 0 Å². The minimum atomic E-state index is 0.119. The Labute approximate surface area is 97.3 Å². The molecule has 0 radical (unpaired) electrons. The molecule has 0 unspecified atom stereocenters. The molecule has 0 saturated heterocycles. The van der Waals surface area contributed by atoms with Crippen molar-refractivity contribution in [3.63, 3.8) is 0 Å². The largest absolute Gasteiger partial charge is 0.344 e. The topological polar surface area (TPSA) is 17.8 Å². The Hall–Kier alpha value is -1.31. The van der Waals surface area contributed by atoms with Crippen LogP contribution in [0.25, 0.3) is 10.9 Å². The summed E-state index contributed by atoms with van der Waals surface area (Å²) >= 11 is 0. The molecule has 0 fully saturated rings. The molecule has 2 rings (SSSR count). The van der Waals surface area contributed by atoms with Crippen molar-refractivity contribution in [2.24, 2.45) is 0 Å². The summed E-state index contributed by atoms with van der Waals surface area (Å²) in [6, 6.07) is 4.86. The second-order valence-electron chi connectivity index (χ2n) is 5.70. The Kier molecular flexibility index (Phi) is 2.53. The fraction of sp³-hybridized carbons (Fsp3) is 0.500. The van der Waals surface area contributed by atoms with E-state index in [4.69, 9.17) is 0 Å². The van der Waals surface area contributed by atoms with Gasteiger partial charge in [0.05, 0.1) is 11.7 Å². The lowest BCUT2D eigenvalue weighted by Crippen LogP contribution is -2.13. The summed E-state index contributed by atoms with van der Waals surface area (Å²) in [7, 11) is 0. The maximum absolute atomic E-state index is 4.57. The second kappa shape index (κ2) is 3.62. The highest BCUT2D eigenvalue weighted by atomic mass is 15.0. The van der Waals surface area contributed by atoms with E-state index in [1.807, 2.05) is 6.20 Å². The van der Waals surface area contributed by atoms with E-state index >= 15 is 0 Å². The molecule has 2 aromatic rings. The van der Waals surface area contributed by atoms with Crippen molar-refractivity contribution in [1.82, 2.24) is 9.55 Å². The Morgan fingerprint density at radius 1 is 1.25 bits per heavy atom. The first-order chi connectivity index (χ1) is 7.39. The molecule has 2 aromatic heterocycles. The van der Waals surface area contributed by atoms with E-state index in [0.717, 1.165) is 5.69 Å². The summed E-state index contributed by atoms with van der Waals surface area (Å²) in [5.74, 6) is 0. The summed E-state index contributed by atoms with van der Waals surface area (Å²) in [5, 5.41) is 1.29.